The van der Waals surface area contributed by atoms with E-state index < -0.39 is 0 Å². The summed E-state index contributed by atoms with van der Waals surface area (Å²) < 4.78 is 0. The summed E-state index contributed by atoms with van der Waals surface area (Å²) >= 11 is 0. The minimum Gasteiger partial charge on any atom is -0.0654 e. The summed E-state index contributed by atoms with van der Waals surface area (Å²) in [6.07, 6.45) is 3.51. The fraction of sp³-hybridized carbons (Fsp3) is 0.417. The molecule has 0 saturated heterocycles. The Kier molecular flexibility index (Phi) is 3.86. The van der Waals surface area contributed by atoms with E-state index in [1.165, 1.54) is 18.4 Å². The Balaban J connectivity index is 2.66. The summed E-state index contributed by atoms with van der Waals surface area (Å²) in [4.78, 5) is 0. The summed E-state index contributed by atoms with van der Waals surface area (Å²) in [5, 5.41) is 0. The highest BCUT2D eigenvalue weighted by Crippen LogP contribution is 2.23. The van der Waals surface area contributed by atoms with Crippen LogP contribution in [-0.4, -0.2) is 0 Å². The van der Waals surface area contributed by atoms with E-state index in [0.717, 1.165) is 6.42 Å². The predicted molar refractivity (Wildman–Crippen MR) is 54.1 cm³/mol. The molecule has 1 atom stereocenters. The zero-order valence-corrected chi connectivity index (χ0v) is 7.79. The van der Waals surface area contributed by atoms with E-state index >= 15 is 0 Å². The fourth-order valence-electron chi connectivity index (χ4n) is 1.55. The van der Waals surface area contributed by atoms with Crippen LogP contribution in [0, 0.1) is 6.92 Å². The van der Waals surface area contributed by atoms with Gasteiger partial charge in [0.05, 0.1) is 0 Å². The van der Waals surface area contributed by atoms with Gasteiger partial charge in [-0.05, 0) is 24.3 Å². The van der Waals surface area contributed by atoms with E-state index in [0.29, 0.717) is 5.92 Å². The first-order valence-corrected chi connectivity index (χ1v) is 4.72. The molecule has 0 amide bonds. The monoisotopic (exact) mass is 161 g/mol. The summed E-state index contributed by atoms with van der Waals surface area (Å²) in [5.74, 6) is 0.663. The van der Waals surface area contributed by atoms with E-state index in [2.05, 4.69) is 44.2 Å². The van der Waals surface area contributed by atoms with Crippen molar-refractivity contribution in [3.8, 4) is 0 Å². The fourth-order valence-corrected chi connectivity index (χ4v) is 1.55. The molecule has 0 bridgehead atoms. The van der Waals surface area contributed by atoms with Crippen molar-refractivity contribution in [1.29, 1.82) is 0 Å². The summed E-state index contributed by atoms with van der Waals surface area (Å²) in [6, 6.07) is 10.7. The topological polar surface area (TPSA) is 0 Å². The molecule has 0 aliphatic heterocycles. The molecule has 12 heavy (non-hydrogen) atoms. The Morgan fingerprint density at radius 2 is 1.92 bits per heavy atom. The van der Waals surface area contributed by atoms with Crippen LogP contribution in [0.2, 0.25) is 0 Å². The largest absolute Gasteiger partial charge is 0.0654 e. The third kappa shape index (κ3) is 2.37. The minimum atomic E-state index is 0.663. The molecule has 0 aromatic heterocycles. The standard InChI is InChI=1S/C12H17/c1-3-8-11(4-2)12-9-6-5-7-10-12/h5-7,9-11H,2-4,8H2,1H3. The van der Waals surface area contributed by atoms with Crippen molar-refractivity contribution in [2.45, 2.75) is 32.1 Å². The number of benzene rings is 1. The van der Waals surface area contributed by atoms with E-state index in [-0.39, 0.29) is 0 Å². The average molecular weight is 161 g/mol. The Bertz CT molecular complexity index is 201. The SMILES string of the molecule is [CH2]CC(CCC)c1ccccc1. The van der Waals surface area contributed by atoms with Crippen molar-refractivity contribution in [2.75, 3.05) is 0 Å². The maximum atomic E-state index is 3.98. The highest BCUT2D eigenvalue weighted by atomic mass is 14.1. The molecule has 0 spiro atoms. The number of hydrogen-bond acceptors (Lipinski definition) is 0. The molecule has 1 unspecified atom stereocenters. The van der Waals surface area contributed by atoms with Crippen molar-refractivity contribution in [3.05, 3.63) is 42.8 Å². The van der Waals surface area contributed by atoms with Crippen LogP contribution in [0.15, 0.2) is 30.3 Å². The second kappa shape index (κ2) is 4.97. The highest BCUT2D eigenvalue weighted by molar-refractivity contribution is 5.19. The van der Waals surface area contributed by atoms with Crippen molar-refractivity contribution < 1.29 is 0 Å². The van der Waals surface area contributed by atoms with Crippen LogP contribution in [0.4, 0.5) is 0 Å². The molecule has 65 valence electrons. The minimum absolute atomic E-state index is 0.663. The molecule has 1 aromatic rings. The van der Waals surface area contributed by atoms with Crippen molar-refractivity contribution >= 4 is 0 Å². The van der Waals surface area contributed by atoms with Gasteiger partial charge < -0.3 is 0 Å². The Hall–Kier alpha value is -0.780. The van der Waals surface area contributed by atoms with Gasteiger partial charge in [0, 0.05) is 0 Å². The number of rotatable bonds is 4. The molecule has 0 N–H and O–H groups in total. The molecule has 1 rings (SSSR count). The normalized spacial score (nSPS) is 12.8. The smallest absolute Gasteiger partial charge is 0.0162 e. The zero-order chi connectivity index (χ0) is 8.81. The molecule has 0 saturated carbocycles. The first-order valence-electron chi connectivity index (χ1n) is 4.72. The van der Waals surface area contributed by atoms with E-state index in [4.69, 9.17) is 0 Å². The van der Waals surface area contributed by atoms with Crippen LogP contribution in [0.5, 0.6) is 0 Å². The lowest BCUT2D eigenvalue weighted by molar-refractivity contribution is 0.619. The highest BCUT2D eigenvalue weighted by Gasteiger charge is 2.06. The van der Waals surface area contributed by atoms with Crippen molar-refractivity contribution in [3.63, 3.8) is 0 Å². The molecule has 1 radical (unpaired) electrons. The van der Waals surface area contributed by atoms with Crippen LogP contribution in [0.1, 0.15) is 37.7 Å². The molecule has 0 nitrogen and oxygen atoms in total. The first kappa shape index (κ1) is 9.31. The van der Waals surface area contributed by atoms with Gasteiger partial charge in [-0.15, -0.1) is 0 Å². The Morgan fingerprint density at radius 1 is 1.25 bits per heavy atom. The second-order valence-electron chi connectivity index (χ2n) is 3.18. The lowest BCUT2D eigenvalue weighted by atomic mass is 9.92. The van der Waals surface area contributed by atoms with E-state index in [9.17, 15) is 0 Å². The van der Waals surface area contributed by atoms with Crippen LogP contribution >= 0.6 is 0 Å². The third-order valence-corrected chi connectivity index (χ3v) is 2.26. The van der Waals surface area contributed by atoms with Crippen LogP contribution < -0.4 is 0 Å². The zero-order valence-electron chi connectivity index (χ0n) is 7.79. The molecule has 0 aliphatic carbocycles. The van der Waals surface area contributed by atoms with Gasteiger partial charge in [0.1, 0.15) is 0 Å². The molecule has 0 heteroatoms. The van der Waals surface area contributed by atoms with Crippen molar-refractivity contribution in [1.82, 2.24) is 0 Å². The van der Waals surface area contributed by atoms with Gasteiger partial charge in [-0.3, -0.25) is 0 Å². The van der Waals surface area contributed by atoms with Crippen molar-refractivity contribution in [2.24, 2.45) is 0 Å². The molecular formula is C12H17. The van der Waals surface area contributed by atoms with Gasteiger partial charge >= 0.3 is 0 Å². The van der Waals surface area contributed by atoms with E-state index in [1.807, 2.05) is 0 Å². The molecular weight excluding hydrogens is 144 g/mol. The summed E-state index contributed by atoms with van der Waals surface area (Å²) in [5.41, 5.74) is 1.44. The maximum absolute atomic E-state index is 3.98. The predicted octanol–water partition coefficient (Wildman–Crippen LogP) is 3.79. The molecule has 0 fully saturated rings. The van der Waals surface area contributed by atoms with Gasteiger partial charge in [-0.2, -0.15) is 0 Å². The summed E-state index contributed by atoms with van der Waals surface area (Å²) in [7, 11) is 0. The Labute approximate surface area is 75.6 Å². The summed E-state index contributed by atoms with van der Waals surface area (Å²) in [6.45, 7) is 6.21. The first-order chi connectivity index (χ1) is 5.88. The molecule has 1 aromatic carbocycles. The second-order valence-corrected chi connectivity index (χ2v) is 3.18. The lowest BCUT2D eigenvalue weighted by Crippen LogP contribution is -1.95. The van der Waals surface area contributed by atoms with Gasteiger partial charge in [-0.25, -0.2) is 0 Å². The van der Waals surface area contributed by atoms with Gasteiger partial charge in [0.2, 0.25) is 0 Å². The average Bonchev–Trinajstić information content (AvgIpc) is 2.15. The van der Waals surface area contributed by atoms with Gasteiger partial charge in [0.15, 0.2) is 0 Å². The quantitative estimate of drug-likeness (QED) is 0.630. The Morgan fingerprint density at radius 3 is 2.42 bits per heavy atom. The van der Waals surface area contributed by atoms with Gasteiger partial charge in [0.25, 0.3) is 0 Å². The van der Waals surface area contributed by atoms with E-state index in [1.54, 1.807) is 0 Å². The van der Waals surface area contributed by atoms with Crippen LogP contribution in [-0.2, 0) is 0 Å². The lowest BCUT2D eigenvalue weighted by Gasteiger charge is -2.13. The molecule has 0 aliphatic rings. The third-order valence-electron chi connectivity index (χ3n) is 2.26. The number of hydrogen-bond donors (Lipinski definition) is 0. The molecule has 0 heterocycles. The van der Waals surface area contributed by atoms with Gasteiger partial charge in [-0.1, -0.05) is 50.6 Å². The van der Waals surface area contributed by atoms with Crippen LogP contribution in [0.3, 0.4) is 0 Å². The maximum Gasteiger partial charge on any atom is -0.0162 e. The van der Waals surface area contributed by atoms with Crippen LogP contribution in [0.25, 0.3) is 0 Å².